The van der Waals surface area contributed by atoms with Gasteiger partial charge in [0.1, 0.15) is 11.4 Å². The molecule has 0 bridgehead atoms. The Hall–Kier alpha value is -2.47. The Morgan fingerprint density at radius 1 is 1.16 bits per heavy atom. The number of hydroxylamine groups is 2. The minimum absolute atomic E-state index is 0.185. The lowest BCUT2D eigenvalue weighted by Crippen LogP contribution is -2.26. The summed E-state index contributed by atoms with van der Waals surface area (Å²) >= 11 is 0. The number of aromatic nitrogens is 2. The third-order valence-electron chi connectivity index (χ3n) is 2.37. The van der Waals surface area contributed by atoms with Crippen LogP contribution in [0.5, 0.6) is 11.6 Å². The number of carbonyl (C=O) groups excluding carboxylic acids is 1. The van der Waals surface area contributed by atoms with Crippen LogP contribution in [0, 0.1) is 0 Å². The topological polar surface area (TPSA) is 64.5 Å². The van der Waals surface area contributed by atoms with E-state index in [1.165, 1.54) is 26.6 Å². The molecule has 6 heteroatoms. The summed E-state index contributed by atoms with van der Waals surface area (Å²) in [7, 11) is 2.90. The molecule has 6 nitrogen and oxygen atoms in total. The van der Waals surface area contributed by atoms with Gasteiger partial charge in [-0.2, -0.15) is 0 Å². The Labute approximate surface area is 110 Å². The summed E-state index contributed by atoms with van der Waals surface area (Å²) in [4.78, 5) is 24.5. The Balaban J connectivity index is 2.09. The van der Waals surface area contributed by atoms with Crippen molar-refractivity contribution in [1.29, 1.82) is 0 Å². The van der Waals surface area contributed by atoms with Gasteiger partial charge in [-0.05, 0) is 12.1 Å². The van der Waals surface area contributed by atoms with Gasteiger partial charge >= 0.3 is 0 Å². The van der Waals surface area contributed by atoms with E-state index in [0.717, 1.165) is 5.06 Å². The SMILES string of the molecule is CON(C)C(=O)c1cnc(Oc2ccccc2)cn1. The molecule has 1 aromatic carbocycles. The standard InChI is InChI=1S/C13H13N3O3/c1-16(18-2)13(17)11-8-15-12(9-14-11)19-10-6-4-3-5-7-10/h3-9H,1-2H3. The van der Waals surface area contributed by atoms with E-state index >= 15 is 0 Å². The van der Waals surface area contributed by atoms with Crippen molar-refractivity contribution >= 4 is 5.91 Å². The zero-order valence-corrected chi connectivity index (χ0v) is 10.6. The van der Waals surface area contributed by atoms with Crippen LogP contribution in [0.2, 0.25) is 0 Å². The monoisotopic (exact) mass is 259 g/mol. The maximum Gasteiger partial charge on any atom is 0.297 e. The molecule has 1 aromatic heterocycles. The normalized spacial score (nSPS) is 10.0. The van der Waals surface area contributed by atoms with Crippen LogP contribution in [0.3, 0.4) is 0 Å². The van der Waals surface area contributed by atoms with Crippen molar-refractivity contribution < 1.29 is 14.4 Å². The lowest BCUT2D eigenvalue weighted by atomic mass is 10.3. The zero-order valence-electron chi connectivity index (χ0n) is 10.6. The Morgan fingerprint density at radius 3 is 2.47 bits per heavy atom. The molecule has 0 atom stereocenters. The van der Waals surface area contributed by atoms with Crippen molar-refractivity contribution in [1.82, 2.24) is 15.0 Å². The average molecular weight is 259 g/mol. The van der Waals surface area contributed by atoms with Crippen LogP contribution in [0.15, 0.2) is 42.7 Å². The average Bonchev–Trinajstić information content (AvgIpc) is 2.47. The largest absolute Gasteiger partial charge is 0.438 e. The van der Waals surface area contributed by atoms with E-state index in [2.05, 4.69) is 9.97 Å². The van der Waals surface area contributed by atoms with E-state index in [1.54, 1.807) is 12.1 Å². The van der Waals surface area contributed by atoms with Crippen molar-refractivity contribution in [2.24, 2.45) is 0 Å². The molecule has 19 heavy (non-hydrogen) atoms. The Bertz CT molecular complexity index is 543. The summed E-state index contributed by atoms with van der Waals surface area (Å²) in [6, 6.07) is 9.21. The van der Waals surface area contributed by atoms with Crippen molar-refractivity contribution in [2.45, 2.75) is 0 Å². The molecule has 0 spiro atoms. The summed E-state index contributed by atoms with van der Waals surface area (Å²) < 4.78 is 5.47. The molecule has 2 aromatic rings. The molecular formula is C13H13N3O3. The number of nitrogens with zero attached hydrogens (tertiary/aromatic N) is 3. The molecule has 2 rings (SSSR count). The maximum absolute atomic E-state index is 11.7. The second-order valence-corrected chi connectivity index (χ2v) is 3.64. The summed E-state index contributed by atoms with van der Waals surface area (Å²) in [6.45, 7) is 0. The molecule has 0 fully saturated rings. The van der Waals surface area contributed by atoms with Crippen LogP contribution in [0.4, 0.5) is 0 Å². The minimum atomic E-state index is -0.374. The highest BCUT2D eigenvalue weighted by Crippen LogP contribution is 2.17. The van der Waals surface area contributed by atoms with Crippen LogP contribution in [-0.2, 0) is 4.84 Å². The van der Waals surface area contributed by atoms with Gasteiger partial charge in [0.2, 0.25) is 5.88 Å². The van der Waals surface area contributed by atoms with E-state index in [1.807, 2.05) is 18.2 Å². The van der Waals surface area contributed by atoms with Crippen molar-refractivity contribution in [3.05, 3.63) is 48.4 Å². The first-order valence-electron chi connectivity index (χ1n) is 5.58. The first kappa shape index (κ1) is 13.0. The second kappa shape index (κ2) is 5.92. The van der Waals surface area contributed by atoms with Gasteiger partial charge in [0.15, 0.2) is 0 Å². The van der Waals surface area contributed by atoms with E-state index in [9.17, 15) is 4.79 Å². The molecule has 0 radical (unpaired) electrons. The highest BCUT2D eigenvalue weighted by atomic mass is 16.7. The molecule has 1 amide bonds. The molecule has 0 aliphatic heterocycles. The molecule has 0 aliphatic carbocycles. The number of benzene rings is 1. The lowest BCUT2D eigenvalue weighted by Gasteiger charge is -2.12. The number of amides is 1. The van der Waals surface area contributed by atoms with Gasteiger partial charge in [0.05, 0.1) is 19.5 Å². The van der Waals surface area contributed by atoms with Crippen LogP contribution < -0.4 is 4.74 Å². The van der Waals surface area contributed by atoms with Gasteiger partial charge in [-0.1, -0.05) is 18.2 Å². The molecule has 0 saturated carbocycles. The van der Waals surface area contributed by atoms with Gasteiger partial charge in [0, 0.05) is 7.05 Å². The van der Waals surface area contributed by atoms with Crippen LogP contribution >= 0.6 is 0 Å². The smallest absolute Gasteiger partial charge is 0.297 e. The van der Waals surface area contributed by atoms with Crippen molar-refractivity contribution in [3.63, 3.8) is 0 Å². The fraction of sp³-hybridized carbons (Fsp3) is 0.154. The summed E-state index contributed by atoms with van der Waals surface area (Å²) in [6.07, 6.45) is 2.74. The summed E-state index contributed by atoms with van der Waals surface area (Å²) in [5, 5.41) is 1.07. The number of rotatable bonds is 4. The van der Waals surface area contributed by atoms with Crippen LogP contribution in [0.1, 0.15) is 10.5 Å². The molecule has 0 N–H and O–H groups in total. The molecule has 0 aliphatic rings. The van der Waals surface area contributed by atoms with Gasteiger partial charge in [-0.25, -0.2) is 15.0 Å². The zero-order chi connectivity index (χ0) is 13.7. The highest BCUT2D eigenvalue weighted by molar-refractivity contribution is 5.91. The third kappa shape index (κ3) is 3.26. The first-order chi connectivity index (χ1) is 9.20. The fourth-order valence-electron chi connectivity index (χ4n) is 1.33. The van der Waals surface area contributed by atoms with Crippen LogP contribution in [-0.4, -0.2) is 35.1 Å². The van der Waals surface area contributed by atoms with Gasteiger partial charge in [0.25, 0.3) is 5.91 Å². The van der Waals surface area contributed by atoms with E-state index in [4.69, 9.17) is 9.57 Å². The first-order valence-corrected chi connectivity index (χ1v) is 5.58. The molecule has 0 saturated heterocycles. The maximum atomic E-state index is 11.7. The predicted molar refractivity (Wildman–Crippen MR) is 67.7 cm³/mol. The van der Waals surface area contributed by atoms with Gasteiger partial charge in [-0.15, -0.1) is 0 Å². The minimum Gasteiger partial charge on any atom is -0.438 e. The predicted octanol–water partition coefficient (Wildman–Crippen LogP) is 1.90. The quantitative estimate of drug-likeness (QED) is 0.785. The number of hydrogen-bond donors (Lipinski definition) is 0. The molecule has 1 heterocycles. The summed E-state index contributed by atoms with van der Waals surface area (Å²) in [5.41, 5.74) is 0.185. The van der Waals surface area contributed by atoms with Crippen molar-refractivity contribution in [2.75, 3.05) is 14.2 Å². The van der Waals surface area contributed by atoms with Gasteiger partial charge < -0.3 is 4.74 Å². The third-order valence-corrected chi connectivity index (χ3v) is 2.37. The molecular weight excluding hydrogens is 246 g/mol. The Morgan fingerprint density at radius 2 is 1.89 bits per heavy atom. The number of hydrogen-bond acceptors (Lipinski definition) is 5. The van der Waals surface area contributed by atoms with Crippen LogP contribution in [0.25, 0.3) is 0 Å². The van der Waals surface area contributed by atoms with Crippen molar-refractivity contribution in [3.8, 4) is 11.6 Å². The van der Waals surface area contributed by atoms with Gasteiger partial charge in [-0.3, -0.25) is 9.63 Å². The molecule has 0 unspecified atom stereocenters. The number of para-hydroxylation sites is 1. The fourth-order valence-corrected chi connectivity index (χ4v) is 1.33. The highest BCUT2D eigenvalue weighted by Gasteiger charge is 2.13. The lowest BCUT2D eigenvalue weighted by molar-refractivity contribution is -0.0760. The van der Waals surface area contributed by atoms with E-state index < -0.39 is 0 Å². The van der Waals surface area contributed by atoms with E-state index in [-0.39, 0.29) is 11.6 Å². The van der Waals surface area contributed by atoms with E-state index in [0.29, 0.717) is 11.6 Å². The second-order valence-electron chi connectivity index (χ2n) is 3.64. The number of carbonyl (C=O) groups is 1. The molecule has 98 valence electrons. The summed E-state index contributed by atoms with van der Waals surface area (Å²) in [5.74, 6) is 0.606. The number of ether oxygens (including phenoxy) is 1. The Kier molecular flexibility index (Phi) is 4.04.